The minimum Gasteiger partial charge on any atom is -0.395 e. The van der Waals surface area contributed by atoms with E-state index in [2.05, 4.69) is 15.8 Å². The zero-order chi connectivity index (χ0) is 12.7. The van der Waals surface area contributed by atoms with Crippen LogP contribution in [0.5, 0.6) is 0 Å². The van der Waals surface area contributed by atoms with Crippen molar-refractivity contribution >= 4 is 6.03 Å². The van der Waals surface area contributed by atoms with Gasteiger partial charge in [-0.3, -0.25) is 0 Å². The van der Waals surface area contributed by atoms with Crippen molar-refractivity contribution in [2.75, 3.05) is 13.2 Å². The fourth-order valence-electron chi connectivity index (χ4n) is 1.54. The third-order valence-corrected chi connectivity index (χ3v) is 2.43. The summed E-state index contributed by atoms with van der Waals surface area (Å²) in [6.07, 6.45) is 1.53. The average Bonchev–Trinajstić information content (AvgIpc) is 2.75. The van der Waals surface area contributed by atoms with E-state index in [0.29, 0.717) is 6.54 Å². The van der Waals surface area contributed by atoms with E-state index in [-0.39, 0.29) is 19.2 Å². The molecule has 1 aromatic rings. The molecule has 0 aliphatic rings. The van der Waals surface area contributed by atoms with Crippen LogP contribution in [0.4, 0.5) is 4.79 Å². The van der Waals surface area contributed by atoms with E-state index in [1.165, 1.54) is 0 Å². The fraction of sp³-hybridized carbons (Fsp3) is 0.636. The number of aliphatic hydroxyl groups is 1. The van der Waals surface area contributed by atoms with Gasteiger partial charge in [-0.1, -0.05) is 19.0 Å². The Bertz CT molecular complexity index is 341. The maximum atomic E-state index is 11.3. The van der Waals surface area contributed by atoms with Crippen molar-refractivity contribution in [3.63, 3.8) is 0 Å². The lowest BCUT2D eigenvalue weighted by atomic mass is 10.1. The number of nitrogens with one attached hydrogen (secondary N) is 2. The van der Waals surface area contributed by atoms with Crippen molar-refractivity contribution in [3.8, 4) is 0 Å². The quantitative estimate of drug-likeness (QED) is 0.680. The number of aryl methyl sites for hydroxylation is 2. The summed E-state index contributed by atoms with van der Waals surface area (Å²) in [5.41, 5.74) is 1.83. The van der Waals surface area contributed by atoms with Gasteiger partial charge in [-0.15, -0.1) is 0 Å². The first kappa shape index (κ1) is 13.5. The van der Waals surface area contributed by atoms with Crippen LogP contribution >= 0.6 is 0 Å². The molecule has 17 heavy (non-hydrogen) atoms. The monoisotopic (exact) mass is 241 g/mol. The molecule has 0 saturated heterocycles. The predicted octanol–water partition coefficient (Wildman–Crippen LogP) is 0.591. The Labute approximate surface area is 100 Å². The van der Waals surface area contributed by atoms with Crippen molar-refractivity contribution in [1.29, 1.82) is 0 Å². The maximum absolute atomic E-state index is 11.3. The molecule has 0 bridgehead atoms. The molecule has 1 rings (SSSR count). The van der Waals surface area contributed by atoms with E-state index in [9.17, 15) is 4.79 Å². The fourth-order valence-corrected chi connectivity index (χ4v) is 1.54. The highest BCUT2D eigenvalue weighted by Gasteiger charge is 2.13. The summed E-state index contributed by atoms with van der Waals surface area (Å²) < 4.78 is 5.19. The zero-order valence-corrected chi connectivity index (χ0v) is 10.2. The number of amides is 2. The molecule has 0 saturated carbocycles. The van der Waals surface area contributed by atoms with Crippen molar-refractivity contribution in [3.05, 3.63) is 17.0 Å². The van der Waals surface area contributed by atoms with Crippen molar-refractivity contribution < 1.29 is 14.4 Å². The Morgan fingerprint density at radius 1 is 1.35 bits per heavy atom. The van der Waals surface area contributed by atoms with Crippen LogP contribution < -0.4 is 10.6 Å². The molecule has 0 radical (unpaired) electrons. The number of rotatable bonds is 6. The highest BCUT2D eigenvalue weighted by Crippen LogP contribution is 2.15. The Hall–Kier alpha value is -1.56. The van der Waals surface area contributed by atoms with Gasteiger partial charge in [0.1, 0.15) is 5.76 Å². The second-order valence-electron chi connectivity index (χ2n) is 3.57. The Morgan fingerprint density at radius 3 is 2.71 bits per heavy atom. The lowest BCUT2D eigenvalue weighted by molar-refractivity contribution is 0.234. The normalized spacial score (nSPS) is 10.3. The van der Waals surface area contributed by atoms with E-state index in [1.807, 2.05) is 13.8 Å². The molecular weight excluding hydrogens is 222 g/mol. The lowest BCUT2D eigenvalue weighted by Gasteiger charge is -2.06. The van der Waals surface area contributed by atoms with Gasteiger partial charge in [0.15, 0.2) is 0 Å². The molecule has 1 aromatic heterocycles. The largest absolute Gasteiger partial charge is 0.395 e. The van der Waals surface area contributed by atoms with E-state index in [0.717, 1.165) is 29.9 Å². The van der Waals surface area contributed by atoms with Crippen LogP contribution in [0.15, 0.2) is 4.52 Å². The molecule has 0 fully saturated rings. The van der Waals surface area contributed by atoms with Crippen LogP contribution in [0.2, 0.25) is 0 Å². The molecule has 6 nitrogen and oxygen atoms in total. The van der Waals surface area contributed by atoms with Crippen molar-refractivity contribution in [1.82, 2.24) is 15.8 Å². The van der Waals surface area contributed by atoms with Gasteiger partial charge in [0.05, 0.1) is 12.3 Å². The Balaban J connectivity index is 2.55. The predicted molar refractivity (Wildman–Crippen MR) is 62.6 cm³/mol. The topological polar surface area (TPSA) is 87.4 Å². The molecule has 0 aliphatic carbocycles. The summed E-state index contributed by atoms with van der Waals surface area (Å²) >= 11 is 0. The van der Waals surface area contributed by atoms with Gasteiger partial charge >= 0.3 is 6.03 Å². The van der Waals surface area contributed by atoms with Gasteiger partial charge in [-0.2, -0.15) is 0 Å². The van der Waals surface area contributed by atoms with E-state index in [4.69, 9.17) is 9.63 Å². The summed E-state index contributed by atoms with van der Waals surface area (Å²) in [5, 5.41) is 17.7. The number of aromatic nitrogens is 1. The standard InChI is InChI=1S/C11H19N3O3/c1-3-9-8(10(4-2)17-14-9)7-13-11(16)12-5-6-15/h15H,3-7H2,1-2H3,(H2,12,13,16). The van der Waals surface area contributed by atoms with Gasteiger partial charge in [-0.05, 0) is 6.42 Å². The number of hydrogen-bond donors (Lipinski definition) is 3. The van der Waals surface area contributed by atoms with E-state index >= 15 is 0 Å². The summed E-state index contributed by atoms with van der Waals surface area (Å²) in [4.78, 5) is 11.3. The smallest absolute Gasteiger partial charge is 0.315 e. The molecule has 0 aromatic carbocycles. The Morgan fingerprint density at radius 2 is 2.12 bits per heavy atom. The zero-order valence-electron chi connectivity index (χ0n) is 10.2. The molecule has 96 valence electrons. The van der Waals surface area contributed by atoms with Crippen LogP contribution in [0.3, 0.4) is 0 Å². The molecule has 1 heterocycles. The highest BCUT2D eigenvalue weighted by molar-refractivity contribution is 5.73. The van der Waals surface area contributed by atoms with Gasteiger partial charge in [0, 0.05) is 25.1 Å². The summed E-state index contributed by atoms with van der Waals surface area (Å²) in [7, 11) is 0. The first-order valence-electron chi connectivity index (χ1n) is 5.81. The van der Waals surface area contributed by atoms with Gasteiger partial charge in [-0.25, -0.2) is 4.79 Å². The van der Waals surface area contributed by atoms with Gasteiger partial charge in [0.2, 0.25) is 0 Å². The molecule has 0 unspecified atom stereocenters. The molecule has 0 spiro atoms. The minimum atomic E-state index is -0.302. The number of hydrogen-bond acceptors (Lipinski definition) is 4. The minimum absolute atomic E-state index is 0.0683. The van der Waals surface area contributed by atoms with Crippen LogP contribution in [-0.4, -0.2) is 29.4 Å². The molecule has 2 amide bonds. The molecule has 6 heteroatoms. The first-order chi connectivity index (χ1) is 8.22. The highest BCUT2D eigenvalue weighted by atomic mass is 16.5. The number of carbonyl (C=O) groups is 1. The second-order valence-corrected chi connectivity index (χ2v) is 3.57. The van der Waals surface area contributed by atoms with E-state index < -0.39 is 0 Å². The van der Waals surface area contributed by atoms with Crippen molar-refractivity contribution in [2.45, 2.75) is 33.2 Å². The molecule has 0 aliphatic heterocycles. The summed E-state index contributed by atoms with van der Waals surface area (Å²) in [5.74, 6) is 0.810. The van der Waals surface area contributed by atoms with Crippen LogP contribution in [0.25, 0.3) is 0 Å². The number of urea groups is 1. The van der Waals surface area contributed by atoms with Crippen LogP contribution in [0, 0.1) is 0 Å². The number of aliphatic hydroxyl groups excluding tert-OH is 1. The lowest BCUT2D eigenvalue weighted by Crippen LogP contribution is -2.36. The molecular formula is C11H19N3O3. The molecule has 0 atom stereocenters. The SMILES string of the molecule is CCc1noc(CC)c1CNC(=O)NCCO. The number of nitrogens with zero attached hydrogens (tertiary/aromatic N) is 1. The third kappa shape index (κ3) is 3.74. The van der Waals surface area contributed by atoms with Crippen LogP contribution in [0.1, 0.15) is 30.9 Å². The third-order valence-electron chi connectivity index (χ3n) is 2.43. The summed E-state index contributed by atoms with van der Waals surface area (Å²) in [6, 6.07) is -0.302. The second kappa shape index (κ2) is 6.90. The average molecular weight is 241 g/mol. The molecule has 3 N–H and O–H groups in total. The first-order valence-corrected chi connectivity index (χ1v) is 5.81. The van der Waals surface area contributed by atoms with Crippen LogP contribution in [-0.2, 0) is 19.4 Å². The maximum Gasteiger partial charge on any atom is 0.315 e. The van der Waals surface area contributed by atoms with E-state index in [1.54, 1.807) is 0 Å². The Kier molecular flexibility index (Phi) is 5.48. The summed E-state index contributed by atoms with van der Waals surface area (Å²) in [6.45, 7) is 4.55. The van der Waals surface area contributed by atoms with Crippen molar-refractivity contribution in [2.24, 2.45) is 0 Å². The number of carbonyl (C=O) groups excluding carboxylic acids is 1. The van der Waals surface area contributed by atoms with Gasteiger partial charge in [0.25, 0.3) is 0 Å². The van der Waals surface area contributed by atoms with Gasteiger partial charge < -0.3 is 20.3 Å².